The van der Waals surface area contributed by atoms with Crippen molar-refractivity contribution in [3.8, 4) is 0 Å². The largest absolute Gasteiger partial charge is 0.322 e. The van der Waals surface area contributed by atoms with Crippen molar-refractivity contribution >= 4 is 0 Å². The molecule has 1 aromatic heterocycles. The van der Waals surface area contributed by atoms with Crippen molar-refractivity contribution < 1.29 is 0 Å². The molecular formula is C17H25N3. The first-order chi connectivity index (χ1) is 9.52. The molecule has 1 heterocycles. The maximum absolute atomic E-state index is 6.32. The predicted molar refractivity (Wildman–Crippen MR) is 83.8 cm³/mol. The van der Waals surface area contributed by atoms with Gasteiger partial charge in [0.15, 0.2) is 0 Å². The van der Waals surface area contributed by atoms with E-state index in [-0.39, 0.29) is 6.04 Å². The van der Waals surface area contributed by atoms with Gasteiger partial charge in [-0.2, -0.15) is 5.10 Å². The van der Waals surface area contributed by atoms with Gasteiger partial charge in [0.1, 0.15) is 0 Å². The molecular weight excluding hydrogens is 246 g/mol. The number of aryl methyl sites for hydroxylation is 2. The molecule has 108 valence electrons. The fourth-order valence-electron chi connectivity index (χ4n) is 2.48. The third-order valence-electron chi connectivity index (χ3n) is 4.06. The highest BCUT2D eigenvalue weighted by Crippen LogP contribution is 2.17. The van der Waals surface area contributed by atoms with Gasteiger partial charge in [0.2, 0.25) is 0 Å². The summed E-state index contributed by atoms with van der Waals surface area (Å²) in [6.07, 6.45) is 2.31. The van der Waals surface area contributed by atoms with E-state index >= 15 is 0 Å². The number of nitrogens with zero attached hydrogens (tertiary/aromatic N) is 2. The van der Waals surface area contributed by atoms with Crippen molar-refractivity contribution in [2.75, 3.05) is 0 Å². The Hall–Kier alpha value is -1.61. The maximum Gasteiger partial charge on any atom is 0.0625 e. The normalized spacial score (nSPS) is 12.7. The van der Waals surface area contributed by atoms with Crippen molar-refractivity contribution in [2.45, 2.75) is 53.1 Å². The Bertz CT molecular complexity index is 567. The van der Waals surface area contributed by atoms with Gasteiger partial charge in [-0.3, -0.25) is 4.68 Å². The minimum atomic E-state index is -0.0110. The van der Waals surface area contributed by atoms with Crippen LogP contribution in [-0.4, -0.2) is 9.78 Å². The van der Waals surface area contributed by atoms with Crippen LogP contribution in [0.1, 0.15) is 47.5 Å². The summed E-state index contributed by atoms with van der Waals surface area (Å²) in [5.41, 5.74) is 12.4. The number of aromatic nitrogens is 2. The molecule has 0 bridgehead atoms. The lowest BCUT2D eigenvalue weighted by Crippen LogP contribution is -2.19. The van der Waals surface area contributed by atoms with Crippen molar-refractivity contribution in [3.05, 3.63) is 52.3 Å². The second-order valence-electron chi connectivity index (χ2n) is 5.58. The fourth-order valence-corrected chi connectivity index (χ4v) is 2.48. The molecule has 1 unspecified atom stereocenters. The first-order valence-corrected chi connectivity index (χ1v) is 7.38. The Labute approximate surface area is 121 Å². The molecule has 20 heavy (non-hydrogen) atoms. The molecule has 2 rings (SSSR count). The van der Waals surface area contributed by atoms with Crippen LogP contribution in [0.4, 0.5) is 0 Å². The van der Waals surface area contributed by atoms with Crippen LogP contribution in [0.5, 0.6) is 0 Å². The first kappa shape index (κ1) is 14.8. The van der Waals surface area contributed by atoms with Crippen LogP contribution in [-0.2, 0) is 13.0 Å². The quantitative estimate of drug-likeness (QED) is 0.905. The molecule has 0 saturated carbocycles. The summed E-state index contributed by atoms with van der Waals surface area (Å²) in [5, 5.41) is 4.56. The summed E-state index contributed by atoms with van der Waals surface area (Å²) < 4.78 is 2.02. The molecule has 2 N–H and O–H groups in total. The molecule has 0 aliphatic heterocycles. The Balaban J connectivity index is 2.11. The number of hydrogen-bond donors (Lipinski definition) is 1. The van der Waals surface area contributed by atoms with Crippen LogP contribution in [0, 0.1) is 20.8 Å². The standard InChI is InChI=1S/C17H25N3/c1-5-6-15-7-9-16(10-8-15)17(18)11-20-14(4)12(2)13(3)19-20/h7-10,17H,5-6,11,18H2,1-4H3. The summed E-state index contributed by atoms with van der Waals surface area (Å²) in [7, 11) is 0. The van der Waals surface area contributed by atoms with Crippen LogP contribution in [0.2, 0.25) is 0 Å². The Kier molecular flexibility index (Phi) is 4.61. The molecule has 2 aromatic rings. The smallest absolute Gasteiger partial charge is 0.0625 e. The van der Waals surface area contributed by atoms with E-state index in [0.717, 1.165) is 18.7 Å². The number of nitrogens with two attached hydrogens (primary N) is 1. The zero-order valence-electron chi connectivity index (χ0n) is 13.0. The molecule has 0 spiro atoms. The lowest BCUT2D eigenvalue weighted by molar-refractivity contribution is 0.514. The summed E-state index contributed by atoms with van der Waals surface area (Å²) in [4.78, 5) is 0. The van der Waals surface area contributed by atoms with Gasteiger partial charge in [0.05, 0.1) is 12.2 Å². The SMILES string of the molecule is CCCc1ccc(C(N)Cn2nc(C)c(C)c2C)cc1. The number of benzene rings is 1. The molecule has 0 saturated heterocycles. The summed E-state index contributed by atoms with van der Waals surface area (Å²) in [6.45, 7) is 9.19. The van der Waals surface area contributed by atoms with Gasteiger partial charge < -0.3 is 5.73 Å². The number of hydrogen-bond acceptors (Lipinski definition) is 2. The lowest BCUT2D eigenvalue weighted by Gasteiger charge is -2.14. The van der Waals surface area contributed by atoms with Crippen molar-refractivity contribution in [2.24, 2.45) is 5.73 Å². The molecule has 0 amide bonds. The molecule has 0 aliphatic carbocycles. The molecule has 0 fully saturated rings. The van der Waals surface area contributed by atoms with E-state index in [1.807, 2.05) is 11.6 Å². The highest BCUT2D eigenvalue weighted by atomic mass is 15.3. The fraction of sp³-hybridized carbons (Fsp3) is 0.471. The zero-order valence-corrected chi connectivity index (χ0v) is 13.0. The predicted octanol–water partition coefficient (Wildman–Crippen LogP) is 3.46. The molecule has 0 radical (unpaired) electrons. The Morgan fingerprint density at radius 3 is 2.30 bits per heavy atom. The van der Waals surface area contributed by atoms with E-state index in [9.17, 15) is 0 Å². The van der Waals surface area contributed by atoms with Crippen LogP contribution >= 0.6 is 0 Å². The van der Waals surface area contributed by atoms with Gasteiger partial charge in [-0.1, -0.05) is 37.6 Å². The highest BCUT2D eigenvalue weighted by molar-refractivity contribution is 5.26. The summed E-state index contributed by atoms with van der Waals surface area (Å²) in [6, 6.07) is 8.65. The minimum Gasteiger partial charge on any atom is -0.322 e. The molecule has 3 nitrogen and oxygen atoms in total. The van der Waals surface area contributed by atoms with Crippen LogP contribution in [0.15, 0.2) is 24.3 Å². The Morgan fingerprint density at radius 2 is 1.80 bits per heavy atom. The molecule has 1 aromatic carbocycles. The van der Waals surface area contributed by atoms with E-state index in [1.165, 1.54) is 28.8 Å². The van der Waals surface area contributed by atoms with Gasteiger partial charge in [-0.05, 0) is 43.9 Å². The van der Waals surface area contributed by atoms with E-state index in [2.05, 4.69) is 50.1 Å². The van der Waals surface area contributed by atoms with Crippen molar-refractivity contribution in [3.63, 3.8) is 0 Å². The third kappa shape index (κ3) is 3.10. The van der Waals surface area contributed by atoms with Gasteiger partial charge in [-0.15, -0.1) is 0 Å². The van der Waals surface area contributed by atoms with E-state index in [4.69, 9.17) is 5.73 Å². The van der Waals surface area contributed by atoms with Crippen LogP contribution in [0.3, 0.4) is 0 Å². The van der Waals surface area contributed by atoms with Crippen LogP contribution < -0.4 is 5.73 Å². The molecule has 3 heteroatoms. The van der Waals surface area contributed by atoms with Crippen molar-refractivity contribution in [1.82, 2.24) is 9.78 Å². The van der Waals surface area contributed by atoms with E-state index in [1.54, 1.807) is 0 Å². The van der Waals surface area contributed by atoms with Gasteiger partial charge >= 0.3 is 0 Å². The average molecular weight is 271 g/mol. The summed E-state index contributed by atoms with van der Waals surface area (Å²) >= 11 is 0. The molecule has 1 atom stereocenters. The highest BCUT2D eigenvalue weighted by Gasteiger charge is 2.12. The third-order valence-corrected chi connectivity index (χ3v) is 4.06. The van der Waals surface area contributed by atoms with Crippen LogP contribution in [0.25, 0.3) is 0 Å². The minimum absolute atomic E-state index is 0.0110. The van der Waals surface area contributed by atoms with E-state index in [0.29, 0.717) is 0 Å². The van der Waals surface area contributed by atoms with Gasteiger partial charge in [0, 0.05) is 11.7 Å². The second kappa shape index (κ2) is 6.23. The Morgan fingerprint density at radius 1 is 1.15 bits per heavy atom. The second-order valence-corrected chi connectivity index (χ2v) is 5.58. The number of rotatable bonds is 5. The van der Waals surface area contributed by atoms with Crippen molar-refractivity contribution in [1.29, 1.82) is 0 Å². The lowest BCUT2D eigenvalue weighted by atomic mass is 10.0. The first-order valence-electron chi connectivity index (χ1n) is 7.38. The van der Waals surface area contributed by atoms with Gasteiger partial charge in [0.25, 0.3) is 0 Å². The topological polar surface area (TPSA) is 43.8 Å². The molecule has 0 aliphatic rings. The zero-order chi connectivity index (χ0) is 14.7. The monoisotopic (exact) mass is 271 g/mol. The average Bonchev–Trinajstić information content (AvgIpc) is 2.67. The summed E-state index contributed by atoms with van der Waals surface area (Å²) in [5.74, 6) is 0. The maximum atomic E-state index is 6.32. The van der Waals surface area contributed by atoms with Gasteiger partial charge in [-0.25, -0.2) is 0 Å². The van der Waals surface area contributed by atoms with E-state index < -0.39 is 0 Å².